The Morgan fingerprint density at radius 1 is 1.45 bits per heavy atom. The standard InChI is InChI=1S/C12H14BrN3O3S/c1-7-3-4-10(19-7)8(2)16-20(17,18)11-5-9(13)6-15-12(11)14/h3-6,8,16H,1-2H3,(H2,14,15). The maximum Gasteiger partial charge on any atom is 0.244 e. The molecule has 0 saturated carbocycles. The van der Waals surface area contributed by atoms with Crippen molar-refractivity contribution in [2.75, 3.05) is 5.73 Å². The van der Waals surface area contributed by atoms with Crippen molar-refractivity contribution >= 4 is 31.8 Å². The molecule has 1 atom stereocenters. The lowest BCUT2D eigenvalue weighted by atomic mass is 10.3. The fourth-order valence-electron chi connectivity index (χ4n) is 1.69. The molecule has 1 unspecified atom stereocenters. The molecule has 0 spiro atoms. The average Bonchev–Trinajstić information content (AvgIpc) is 2.78. The van der Waals surface area contributed by atoms with Crippen molar-refractivity contribution in [3.63, 3.8) is 0 Å². The van der Waals surface area contributed by atoms with E-state index in [0.717, 1.165) is 5.76 Å². The van der Waals surface area contributed by atoms with E-state index in [0.29, 0.717) is 10.2 Å². The molecule has 6 nitrogen and oxygen atoms in total. The van der Waals surface area contributed by atoms with Crippen LogP contribution < -0.4 is 10.5 Å². The van der Waals surface area contributed by atoms with Crippen molar-refractivity contribution in [3.8, 4) is 0 Å². The Bertz CT molecular complexity index is 727. The third-order valence-corrected chi connectivity index (χ3v) is 4.66. The van der Waals surface area contributed by atoms with E-state index in [4.69, 9.17) is 10.2 Å². The smallest absolute Gasteiger partial charge is 0.244 e. The summed E-state index contributed by atoms with van der Waals surface area (Å²) in [4.78, 5) is 3.75. The average molecular weight is 360 g/mol. The molecule has 2 aromatic heterocycles. The van der Waals surface area contributed by atoms with Gasteiger partial charge in [-0.05, 0) is 48.0 Å². The van der Waals surface area contributed by atoms with Gasteiger partial charge in [-0.25, -0.2) is 18.1 Å². The Morgan fingerprint density at radius 3 is 2.75 bits per heavy atom. The zero-order chi connectivity index (χ0) is 14.9. The Morgan fingerprint density at radius 2 is 2.15 bits per heavy atom. The maximum absolute atomic E-state index is 12.3. The van der Waals surface area contributed by atoms with Gasteiger partial charge in [0.15, 0.2) is 0 Å². The van der Waals surface area contributed by atoms with Crippen LogP contribution in [0.15, 0.2) is 38.2 Å². The van der Waals surface area contributed by atoms with Crippen molar-refractivity contribution in [1.29, 1.82) is 0 Å². The Kier molecular flexibility index (Phi) is 4.17. The molecule has 0 amide bonds. The second-order valence-electron chi connectivity index (χ2n) is 4.33. The van der Waals surface area contributed by atoms with Gasteiger partial charge in [-0.15, -0.1) is 0 Å². The topological polar surface area (TPSA) is 98.2 Å². The van der Waals surface area contributed by atoms with Crippen LogP contribution in [0.2, 0.25) is 0 Å². The van der Waals surface area contributed by atoms with Crippen LogP contribution in [0.3, 0.4) is 0 Å². The Balaban J connectivity index is 2.29. The van der Waals surface area contributed by atoms with Crippen LogP contribution >= 0.6 is 15.9 Å². The summed E-state index contributed by atoms with van der Waals surface area (Å²) < 4.78 is 33.0. The van der Waals surface area contributed by atoms with E-state index in [1.807, 2.05) is 0 Å². The van der Waals surface area contributed by atoms with Crippen LogP contribution in [0.5, 0.6) is 0 Å². The molecule has 0 aliphatic heterocycles. The molecule has 0 aromatic carbocycles. The number of nitrogens with two attached hydrogens (primary N) is 1. The van der Waals surface area contributed by atoms with Crippen LogP contribution in [0.25, 0.3) is 0 Å². The number of nitrogens with one attached hydrogen (secondary N) is 1. The van der Waals surface area contributed by atoms with Crippen molar-refractivity contribution in [2.24, 2.45) is 0 Å². The van der Waals surface area contributed by atoms with E-state index in [9.17, 15) is 8.42 Å². The number of nitrogens with zero attached hydrogens (tertiary/aromatic N) is 1. The van der Waals surface area contributed by atoms with Crippen LogP contribution in [0.1, 0.15) is 24.5 Å². The third-order valence-electron chi connectivity index (χ3n) is 2.66. The first kappa shape index (κ1) is 15.0. The summed E-state index contributed by atoms with van der Waals surface area (Å²) in [6.07, 6.45) is 1.44. The minimum absolute atomic E-state index is 0.0523. The summed E-state index contributed by atoms with van der Waals surface area (Å²) in [5.41, 5.74) is 5.62. The van der Waals surface area contributed by atoms with Gasteiger partial charge in [-0.3, -0.25) is 0 Å². The number of rotatable bonds is 4. The van der Waals surface area contributed by atoms with Crippen LogP contribution in [-0.4, -0.2) is 13.4 Å². The van der Waals surface area contributed by atoms with Gasteiger partial charge in [-0.1, -0.05) is 0 Å². The molecule has 0 aliphatic rings. The number of aryl methyl sites for hydroxylation is 1. The molecule has 0 bridgehead atoms. The molecule has 2 aromatic rings. The molecule has 108 valence electrons. The van der Waals surface area contributed by atoms with Crippen molar-refractivity contribution in [3.05, 3.63) is 40.4 Å². The van der Waals surface area contributed by atoms with Crippen LogP contribution in [0.4, 0.5) is 5.82 Å². The van der Waals surface area contributed by atoms with Gasteiger partial charge < -0.3 is 10.2 Å². The first-order valence-electron chi connectivity index (χ1n) is 5.79. The van der Waals surface area contributed by atoms with Gasteiger partial charge in [-0.2, -0.15) is 0 Å². The number of hydrogen-bond acceptors (Lipinski definition) is 5. The van der Waals surface area contributed by atoms with E-state index in [1.165, 1.54) is 12.3 Å². The molecule has 0 aliphatic carbocycles. The first-order chi connectivity index (χ1) is 9.29. The number of furan rings is 1. The molecule has 0 fully saturated rings. The number of hydrogen-bond donors (Lipinski definition) is 2. The number of anilines is 1. The van der Waals surface area contributed by atoms with E-state index in [2.05, 4.69) is 25.6 Å². The summed E-state index contributed by atoms with van der Waals surface area (Å²) in [6, 6.07) is 4.40. The summed E-state index contributed by atoms with van der Waals surface area (Å²) in [5, 5.41) is 0. The summed E-state index contributed by atoms with van der Waals surface area (Å²) in [7, 11) is -3.78. The molecular formula is C12H14BrN3O3S. The minimum atomic E-state index is -3.78. The lowest BCUT2D eigenvalue weighted by Gasteiger charge is -2.13. The van der Waals surface area contributed by atoms with Gasteiger partial charge >= 0.3 is 0 Å². The third kappa shape index (κ3) is 3.20. The largest absolute Gasteiger partial charge is 0.465 e. The number of halogens is 1. The van der Waals surface area contributed by atoms with E-state index in [1.54, 1.807) is 26.0 Å². The lowest BCUT2D eigenvalue weighted by Crippen LogP contribution is -2.27. The molecule has 2 rings (SSSR count). The van der Waals surface area contributed by atoms with Gasteiger partial charge in [0.25, 0.3) is 0 Å². The predicted molar refractivity (Wildman–Crippen MR) is 78.5 cm³/mol. The quantitative estimate of drug-likeness (QED) is 0.872. The zero-order valence-electron chi connectivity index (χ0n) is 10.9. The molecule has 8 heteroatoms. The van der Waals surface area contributed by atoms with Gasteiger partial charge in [0.2, 0.25) is 10.0 Å². The summed E-state index contributed by atoms with van der Waals surface area (Å²) in [6.45, 7) is 3.48. The van der Waals surface area contributed by atoms with Crippen LogP contribution in [-0.2, 0) is 10.0 Å². The summed E-state index contributed by atoms with van der Waals surface area (Å²) >= 11 is 3.17. The number of nitrogen functional groups attached to an aromatic ring is 1. The van der Waals surface area contributed by atoms with Crippen molar-refractivity contribution < 1.29 is 12.8 Å². The van der Waals surface area contributed by atoms with E-state index in [-0.39, 0.29) is 10.7 Å². The summed E-state index contributed by atoms with van der Waals surface area (Å²) in [5.74, 6) is 1.20. The first-order valence-corrected chi connectivity index (χ1v) is 8.07. The second-order valence-corrected chi connectivity index (χ2v) is 6.93. The fourth-order valence-corrected chi connectivity index (χ4v) is 3.49. The molecule has 0 radical (unpaired) electrons. The minimum Gasteiger partial charge on any atom is -0.465 e. The molecule has 20 heavy (non-hydrogen) atoms. The second kappa shape index (κ2) is 5.55. The molecule has 3 N–H and O–H groups in total. The van der Waals surface area contributed by atoms with Gasteiger partial charge in [0.05, 0.1) is 6.04 Å². The van der Waals surface area contributed by atoms with Gasteiger partial charge in [0, 0.05) is 10.7 Å². The normalized spacial score (nSPS) is 13.3. The monoisotopic (exact) mass is 359 g/mol. The molecular weight excluding hydrogens is 346 g/mol. The zero-order valence-corrected chi connectivity index (χ0v) is 13.3. The predicted octanol–water partition coefficient (Wildman–Crippen LogP) is 2.37. The van der Waals surface area contributed by atoms with Crippen molar-refractivity contribution in [1.82, 2.24) is 9.71 Å². The highest BCUT2D eigenvalue weighted by molar-refractivity contribution is 9.10. The highest BCUT2D eigenvalue weighted by atomic mass is 79.9. The number of sulfonamides is 1. The number of pyridine rings is 1. The Labute approximate surface area is 125 Å². The SMILES string of the molecule is Cc1ccc(C(C)NS(=O)(=O)c2cc(Br)cnc2N)o1. The lowest BCUT2D eigenvalue weighted by molar-refractivity contribution is 0.441. The number of aromatic nitrogens is 1. The molecule has 2 heterocycles. The highest BCUT2D eigenvalue weighted by Crippen LogP contribution is 2.23. The van der Waals surface area contributed by atoms with Crippen LogP contribution in [0, 0.1) is 6.92 Å². The highest BCUT2D eigenvalue weighted by Gasteiger charge is 2.23. The van der Waals surface area contributed by atoms with Crippen molar-refractivity contribution in [2.45, 2.75) is 24.8 Å². The molecule has 0 saturated heterocycles. The van der Waals surface area contributed by atoms with E-state index < -0.39 is 16.1 Å². The van der Waals surface area contributed by atoms with Gasteiger partial charge in [0.1, 0.15) is 22.2 Å². The Hall–Kier alpha value is -1.38. The van der Waals surface area contributed by atoms with E-state index >= 15 is 0 Å². The fraction of sp³-hybridized carbons (Fsp3) is 0.250. The maximum atomic E-state index is 12.3.